The Morgan fingerprint density at radius 3 is 2.64 bits per heavy atom. The normalized spacial score (nSPS) is 11.4. The van der Waals surface area contributed by atoms with E-state index in [1.165, 1.54) is 30.6 Å². The summed E-state index contributed by atoms with van der Waals surface area (Å²) in [6.45, 7) is 0. The maximum Gasteiger partial charge on any atom is 0.416 e. The van der Waals surface area contributed by atoms with Gasteiger partial charge in [0.15, 0.2) is 5.13 Å². The Hall–Kier alpha value is -2.81. The van der Waals surface area contributed by atoms with Crippen LogP contribution < -0.4 is 15.4 Å². The van der Waals surface area contributed by atoms with Gasteiger partial charge in [-0.2, -0.15) is 13.2 Å². The van der Waals surface area contributed by atoms with Crippen LogP contribution in [0.15, 0.2) is 42.5 Å². The number of hydrogen-bond donors (Lipinski definition) is 2. The van der Waals surface area contributed by atoms with Gasteiger partial charge in [0.1, 0.15) is 11.3 Å². The van der Waals surface area contributed by atoms with Gasteiger partial charge in [-0.1, -0.05) is 23.5 Å². The Kier molecular flexibility index (Phi) is 4.49. The topological polar surface area (TPSA) is 63.2 Å². The number of nitrogens with zero attached hydrogens (tertiary/aromatic N) is 1. The third kappa shape index (κ3) is 3.82. The summed E-state index contributed by atoms with van der Waals surface area (Å²) in [5, 5.41) is 5.18. The molecule has 0 aliphatic heterocycles. The summed E-state index contributed by atoms with van der Waals surface area (Å²) in [6.07, 6.45) is -4.47. The summed E-state index contributed by atoms with van der Waals surface area (Å²) in [5.41, 5.74) is -0.203. The molecule has 0 saturated carbocycles. The fourth-order valence-corrected chi connectivity index (χ4v) is 3.05. The number of ether oxygens (including phenoxy) is 1. The number of para-hydroxylation sites is 1. The van der Waals surface area contributed by atoms with Gasteiger partial charge in [-0.25, -0.2) is 9.78 Å². The molecule has 1 heterocycles. The second-order valence-corrected chi connectivity index (χ2v) is 6.01. The summed E-state index contributed by atoms with van der Waals surface area (Å²) in [7, 11) is 1.52. The molecule has 0 fully saturated rings. The summed E-state index contributed by atoms with van der Waals surface area (Å²) >= 11 is 1.23. The largest absolute Gasteiger partial charge is 0.494 e. The van der Waals surface area contributed by atoms with E-state index in [1.54, 1.807) is 12.1 Å². The minimum absolute atomic E-state index is 0.0333. The van der Waals surface area contributed by atoms with Gasteiger partial charge in [-0.3, -0.25) is 5.32 Å². The number of rotatable bonds is 3. The molecule has 3 rings (SSSR count). The van der Waals surface area contributed by atoms with Gasteiger partial charge in [0.2, 0.25) is 0 Å². The maximum absolute atomic E-state index is 12.7. The van der Waals surface area contributed by atoms with Crippen LogP contribution in [0.4, 0.5) is 28.8 Å². The zero-order chi connectivity index (χ0) is 18.0. The van der Waals surface area contributed by atoms with Crippen molar-refractivity contribution in [2.45, 2.75) is 6.18 Å². The Bertz CT molecular complexity index is 924. The Morgan fingerprint density at radius 1 is 1.16 bits per heavy atom. The van der Waals surface area contributed by atoms with E-state index in [1.807, 2.05) is 6.07 Å². The molecule has 0 aliphatic carbocycles. The van der Waals surface area contributed by atoms with Gasteiger partial charge in [-0.05, 0) is 30.3 Å². The van der Waals surface area contributed by atoms with Crippen molar-refractivity contribution in [1.29, 1.82) is 0 Å². The van der Waals surface area contributed by atoms with Crippen LogP contribution >= 0.6 is 11.3 Å². The van der Waals surface area contributed by atoms with E-state index in [4.69, 9.17) is 4.74 Å². The lowest BCUT2D eigenvalue weighted by atomic mass is 10.2. The highest BCUT2D eigenvalue weighted by Gasteiger charge is 2.30. The van der Waals surface area contributed by atoms with Crippen molar-refractivity contribution in [2.24, 2.45) is 0 Å². The number of nitrogens with one attached hydrogen (secondary N) is 2. The molecule has 0 bridgehead atoms. The van der Waals surface area contributed by atoms with Crippen molar-refractivity contribution in [3.63, 3.8) is 0 Å². The average molecular weight is 367 g/mol. The molecule has 130 valence electrons. The Labute approximate surface area is 144 Å². The molecule has 0 aliphatic rings. The van der Waals surface area contributed by atoms with Gasteiger partial charge in [0.25, 0.3) is 0 Å². The molecule has 2 aromatic carbocycles. The van der Waals surface area contributed by atoms with Crippen LogP contribution in [0.5, 0.6) is 5.75 Å². The van der Waals surface area contributed by atoms with Crippen molar-refractivity contribution in [1.82, 2.24) is 4.98 Å². The van der Waals surface area contributed by atoms with Gasteiger partial charge in [0.05, 0.1) is 17.4 Å². The fraction of sp³-hybridized carbons (Fsp3) is 0.125. The lowest BCUT2D eigenvalue weighted by Gasteiger charge is -2.09. The molecule has 25 heavy (non-hydrogen) atoms. The van der Waals surface area contributed by atoms with Crippen LogP contribution in [-0.2, 0) is 6.18 Å². The molecule has 0 atom stereocenters. The second kappa shape index (κ2) is 6.60. The molecule has 0 radical (unpaired) electrons. The number of aromatic nitrogens is 1. The number of amides is 2. The van der Waals surface area contributed by atoms with E-state index in [9.17, 15) is 18.0 Å². The first-order chi connectivity index (χ1) is 11.9. The van der Waals surface area contributed by atoms with Crippen LogP contribution in [0, 0.1) is 0 Å². The van der Waals surface area contributed by atoms with Crippen molar-refractivity contribution in [2.75, 3.05) is 17.7 Å². The number of halogens is 3. The van der Waals surface area contributed by atoms with E-state index < -0.39 is 17.8 Å². The predicted molar refractivity (Wildman–Crippen MR) is 90.3 cm³/mol. The number of fused-ring (bicyclic) bond motifs is 1. The van der Waals surface area contributed by atoms with Crippen LogP contribution in [0.25, 0.3) is 10.2 Å². The highest BCUT2D eigenvalue weighted by atomic mass is 32.1. The number of methoxy groups -OCH3 is 1. The first kappa shape index (κ1) is 17.0. The van der Waals surface area contributed by atoms with Gasteiger partial charge in [-0.15, -0.1) is 0 Å². The molecule has 0 unspecified atom stereocenters. The first-order valence-corrected chi connectivity index (χ1v) is 7.87. The summed E-state index contributed by atoms with van der Waals surface area (Å²) in [6, 6.07) is 9.07. The number of carbonyl (C=O) groups is 1. The van der Waals surface area contributed by atoms with E-state index in [0.29, 0.717) is 16.4 Å². The van der Waals surface area contributed by atoms with Crippen LogP contribution in [0.3, 0.4) is 0 Å². The van der Waals surface area contributed by atoms with Crippen LogP contribution in [-0.4, -0.2) is 18.1 Å². The average Bonchev–Trinajstić information content (AvgIpc) is 2.96. The first-order valence-electron chi connectivity index (χ1n) is 7.05. The quantitative estimate of drug-likeness (QED) is 0.687. The zero-order valence-corrected chi connectivity index (χ0v) is 13.7. The summed E-state index contributed by atoms with van der Waals surface area (Å²) in [4.78, 5) is 16.3. The highest BCUT2D eigenvalue weighted by molar-refractivity contribution is 7.22. The SMILES string of the molecule is COc1cccc2sc(NC(=O)Nc3cccc(C(F)(F)F)c3)nc12. The van der Waals surface area contributed by atoms with Crippen molar-refractivity contribution in [3.05, 3.63) is 48.0 Å². The highest BCUT2D eigenvalue weighted by Crippen LogP contribution is 2.33. The minimum Gasteiger partial charge on any atom is -0.494 e. The summed E-state index contributed by atoms with van der Waals surface area (Å²) in [5.74, 6) is 0.570. The third-order valence-corrected chi connectivity index (χ3v) is 4.21. The van der Waals surface area contributed by atoms with Crippen LogP contribution in [0.2, 0.25) is 0 Å². The Balaban J connectivity index is 1.75. The Morgan fingerprint density at radius 2 is 1.92 bits per heavy atom. The number of hydrogen-bond acceptors (Lipinski definition) is 4. The molecule has 2 N–H and O–H groups in total. The molecule has 3 aromatic rings. The number of carbonyl (C=O) groups excluding carboxylic acids is 1. The van der Waals surface area contributed by atoms with Crippen molar-refractivity contribution >= 4 is 38.4 Å². The third-order valence-electron chi connectivity index (χ3n) is 3.27. The lowest BCUT2D eigenvalue weighted by molar-refractivity contribution is -0.137. The van der Waals surface area contributed by atoms with E-state index in [-0.39, 0.29) is 5.69 Å². The number of benzene rings is 2. The molecular formula is C16H12F3N3O2S. The molecular weight excluding hydrogens is 355 g/mol. The second-order valence-electron chi connectivity index (χ2n) is 4.98. The van der Waals surface area contributed by atoms with Gasteiger partial charge >= 0.3 is 12.2 Å². The molecule has 1 aromatic heterocycles. The van der Waals surface area contributed by atoms with Gasteiger partial charge in [0, 0.05) is 5.69 Å². The van der Waals surface area contributed by atoms with Crippen LogP contribution in [0.1, 0.15) is 5.56 Å². The number of thiazole rings is 1. The molecule has 5 nitrogen and oxygen atoms in total. The van der Waals surface area contributed by atoms with Crippen molar-refractivity contribution in [3.8, 4) is 5.75 Å². The number of urea groups is 1. The molecule has 0 spiro atoms. The summed E-state index contributed by atoms with van der Waals surface area (Å²) < 4.78 is 44.1. The fourth-order valence-electron chi connectivity index (χ4n) is 2.17. The minimum atomic E-state index is -4.47. The molecule has 9 heteroatoms. The number of anilines is 2. The van der Waals surface area contributed by atoms with Gasteiger partial charge < -0.3 is 10.1 Å². The van der Waals surface area contributed by atoms with E-state index >= 15 is 0 Å². The van der Waals surface area contributed by atoms with E-state index in [2.05, 4.69) is 15.6 Å². The molecule has 0 saturated heterocycles. The van der Waals surface area contributed by atoms with E-state index in [0.717, 1.165) is 16.8 Å². The smallest absolute Gasteiger partial charge is 0.416 e. The standard InChI is InChI=1S/C16H12F3N3O2S/c1-24-11-6-3-7-12-13(11)21-15(25-12)22-14(23)20-10-5-2-4-9(8-10)16(17,18)19/h2-8H,1H3,(H2,20,21,22,23). The number of alkyl halides is 3. The maximum atomic E-state index is 12.7. The zero-order valence-electron chi connectivity index (χ0n) is 12.8. The predicted octanol–water partition coefficient (Wildman–Crippen LogP) is 4.97. The lowest BCUT2D eigenvalue weighted by Crippen LogP contribution is -2.19. The van der Waals surface area contributed by atoms with Crippen molar-refractivity contribution < 1.29 is 22.7 Å². The molecule has 2 amide bonds. The monoisotopic (exact) mass is 367 g/mol.